The molecule has 88 valence electrons. The van der Waals surface area contributed by atoms with E-state index in [-0.39, 0.29) is 0 Å². The van der Waals surface area contributed by atoms with Crippen molar-refractivity contribution in [2.75, 3.05) is 25.9 Å². The Hall–Kier alpha value is -1.47. The Labute approximate surface area is 97.3 Å². The number of anilines is 1. The second-order valence-electron chi connectivity index (χ2n) is 4.13. The molecule has 0 saturated heterocycles. The van der Waals surface area contributed by atoms with E-state index >= 15 is 0 Å². The Bertz CT molecular complexity index is 412. The highest BCUT2D eigenvalue weighted by atomic mass is 15.1. The van der Waals surface area contributed by atoms with Crippen molar-refractivity contribution in [3.63, 3.8) is 0 Å². The highest BCUT2D eigenvalue weighted by Gasteiger charge is 2.14. The van der Waals surface area contributed by atoms with Gasteiger partial charge in [-0.15, -0.1) is 0 Å². The molecule has 0 spiro atoms. The Kier molecular flexibility index (Phi) is 3.97. The number of hydrogen-bond donors (Lipinski definition) is 1. The second kappa shape index (κ2) is 5.04. The summed E-state index contributed by atoms with van der Waals surface area (Å²) in [5, 5.41) is 9.01. The van der Waals surface area contributed by atoms with Crippen LogP contribution in [0, 0.1) is 25.2 Å². The van der Waals surface area contributed by atoms with Crippen molar-refractivity contribution in [3.8, 4) is 6.07 Å². The first-order valence-corrected chi connectivity index (χ1v) is 5.56. The molecule has 0 aromatic carbocycles. The summed E-state index contributed by atoms with van der Waals surface area (Å²) in [5.74, 6) is 0.599. The summed E-state index contributed by atoms with van der Waals surface area (Å²) in [7, 11) is 2.08. The topological polar surface area (TPSA) is 58.0 Å². The number of rotatable bonds is 4. The molecule has 0 aliphatic heterocycles. The summed E-state index contributed by atoms with van der Waals surface area (Å²) in [6.07, 6.45) is 0. The maximum absolute atomic E-state index is 9.01. The van der Waals surface area contributed by atoms with Crippen LogP contribution >= 0.6 is 0 Å². The van der Waals surface area contributed by atoms with Crippen molar-refractivity contribution in [1.29, 1.82) is 5.26 Å². The zero-order valence-electron chi connectivity index (χ0n) is 10.5. The zero-order chi connectivity index (χ0) is 12.3. The van der Waals surface area contributed by atoms with E-state index in [1.165, 1.54) is 0 Å². The lowest BCUT2D eigenvalue weighted by Gasteiger charge is -2.16. The molecule has 1 rings (SSSR count). The molecular formula is C12H20N4. The van der Waals surface area contributed by atoms with Gasteiger partial charge in [-0.25, -0.2) is 0 Å². The van der Waals surface area contributed by atoms with Crippen LogP contribution in [-0.4, -0.2) is 29.6 Å². The van der Waals surface area contributed by atoms with Crippen LogP contribution in [0.3, 0.4) is 0 Å². The van der Waals surface area contributed by atoms with E-state index in [9.17, 15) is 0 Å². The van der Waals surface area contributed by atoms with E-state index in [1.807, 2.05) is 18.4 Å². The van der Waals surface area contributed by atoms with Crippen LogP contribution in [0.15, 0.2) is 0 Å². The van der Waals surface area contributed by atoms with E-state index in [0.29, 0.717) is 11.4 Å². The van der Waals surface area contributed by atoms with E-state index in [1.54, 1.807) is 0 Å². The highest BCUT2D eigenvalue weighted by Crippen LogP contribution is 2.23. The fourth-order valence-corrected chi connectivity index (χ4v) is 1.75. The van der Waals surface area contributed by atoms with Crippen LogP contribution in [0.5, 0.6) is 0 Å². The molecule has 4 heteroatoms. The zero-order valence-corrected chi connectivity index (χ0v) is 10.5. The molecule has 0 amide bonds. The van der Waals surface area contributed by atoms with Crippen molar-refractivity contribution in [2.24, 2.45) is 0 Å². The lowest BCUT2D eigenvalue weighted by atomic mass is 10.2. The van der Waals surface area contributed by atoms with E-state index in [2.05, 4.69) is 24.9 Å². The van der Waals surface area contributed by atoms with Gasteiger partial charge in [-0.1, -0.05) is 6.92 Å². The van der Waals surface area contributed by atoms with Gasteiger partial charge in [0, 0.05) is 18.8 Å². The van der Waals surface area contributed by atoms with Crippen molar-refractivity contribution < 1.29 is 0 Å². The summed E-state index contributed by atoms with van der Waals surface area (Å²) in [4.78, 5) is 2.22. The van der Waals surface area contributed by atoms with Crippen LogP contribution in [0.25, 0.3) is 0 Å². The molecule has 0 aliphatic carbocycles. The van der Waals surface area contributed by atoms with Crippen molar-refractivity contribution in [2.45, 2.75) is 27.3 Å². The molecule has 0 radical (unpaired) electrons. The maximum atomic E-state index is 9.01. The summed E-state index contributed by atoms with van der Waals surface area (Å²) >= 11 is 0. The third-order valence-corrected chi connectivity index (χ3v) is 3.23. The predicted molar refractivity (Wildman–Crippen MR) is 66.2 cm³/mol. The number of nitrogen functional groups attached to an aromatic ring is 1. The van der Waals surface area contributed by atoms with E-state index < -0.39 is 0 Å². The molecule has 16 heavy (non-hydrogen) atoms. The molecule has 1 heterocycles. The quantitative estimate of drug-likeness (QED) is 0.836. The summed E-state index contributed by atoms with van der Waals surface area (Å²) in [5.41, 5.74) is 8.68. The first-order valence-electron chi connectivity index (χ1n) is 5.56. The van der Waals surface area contributed by atoms with Gasteiger partial charge in [0.2, 0.25) is 0 Å². The average molecular weight is 220 g/mol. The fraction of sp³-hybridized carbons (Fsp3) is 0.583. The minimum Gasteiger partial charge on any atom is -0.384 e. The number of likely N-dealkylation sites (N-methyl/N-ethyl adjacent to an activating group) is 1. The van der Waals surface area contributed by atoms with Crippen LogP contribution in [0.2, 0.25) is 0 Å². The van der Waals surface area contributed by atoms with Crippen LogP contribution in [0.1, 0.15) is 23.7 Å². The third-order valence-electron chi connectivity index (χ3n) is 3.23. The van der Waals surface area contributed by atoms with E-state index in [4.69, 9.17) is 11.0 Å². The van der Waals surface area contributed by atoms with Gasteiger partial charge >= 0.3 is 0 Å². The van der Waals surface area contributed by atoms with Gasteiger partial charge in [0.15, 0.2) is 0 Å². The van der Waals surface area contributed by atoms with Gasteiger partial charge < -0.3 is 15.2 Å². The molecule has 0 atom stereocenters. The third kappa shape index (κ3) is 2.20. The van der Waals surface area contributed by atoms with Crippen molar-refractivity contribution >= 4 is 5.82 Å². The average Bonchev–Trinajstić information content (AvgIpc) is 2.48. The fourth-order valence-electron chi connectivity index (χ4n) is 1.75. The molecule has 4 nitrogen and oxygen atoms in total. The molecule has 0 saturated carbocycles. The van der Waals surface area contributed by atoms with Crippen LogP contribution in [0.4, 0.5) is 5.82 Å². The van der Waals surface area contributed by atoms with Crippen molar-refractivity contribution in [1.82, 2.24) is 9.47 Å². The number of hydrogen-bond acceptors (Lipinski definition) is 3. The van der Waals surface area contributed by atoms with Crippen LogP contribution in [-0.2, 0) is 6.54 Å². The number of nitrogens with zero attached hydrogens (tertiary/aromatic N) is 3. The smallest absolute Gasteiger partial charge is 0.122 e. The van der Waals surface area contributed by atoms with Crippen LogP contribution < -0.4 is 5.73 Å². The SMILES string of the molecule is CCN(C)CCn1c(C)c(C)c(C#N)c1N. The normalized spacial score (nSPS) is 10.8. The Morgan fingerprint density at radius 3 is 2.50 bits per heavy atom. The number of aromatic nitrogens is 1. The molecule has 0 fully saturated rings. The first-order chi connectivity index (χ1) is 7.52. The summed E-state index contributed by atoms with van der Waals surface area (Å²) < 4.78 is 2.03. The molecule has 2 N–H and O–H groups in total. The lowest BCUT2D eigenvalue weighted by molar-refractivity contribution is 0.335. The molecule has 0 aliphatic rings. The predicted octanol–water partition coefficient (Wildman–Crippen LogP) is 1.51. The number of nitrogens with two attached hydrogens (primary N) is 1. The van der Waals surface area contributed by atoms with Gasteiger partial charge in [-0.2, -0.15) is 5.26 Å². The molecular weight excluding hydrogens is 200 g/mol. The van der Waals surface area contributed by atoms with Gasteiger partial charge in [0.25, 0.3) is 0 Å². The standard InChI is InChI=1S/C12H20N4/c1-5-15(4)6-7-16-10(3)9(2)11(8-13)12(16)14/h5-7,14H2,1-4H3. The number of nitriles is 1. The van der Waals surface area contributed by atoms with Gasteiger partial charge in [0.1, 0.15) is 11.9 Å². The molecule has 0 unspecified atom stereocenters. The Balaban J connectivity index is 2.94. The summed E-state index contributed by atoms with van der Waals surface area (Å²) in [6.45, 7) is 8.88. The molecule has 0 bridgehead atoms. The van der Waals surface area contributed by atoms with Gasteiger partial charge in [0.05, 0.1) is 5.56 Å². The minimum atomic E-state index is 0.599. The minimum absolute atomic E-state index is 0.599. The van der Waals surface area contributed by atoms with Crippen molar-refractivity contribution in [3.05, 3.63) is 16.8 Å². The Morgan fingerprint density at radius 2 is 2.06 bits per heavy atom. The molecule has 1 aromatic rings. The monoisotopic (exact) mass is 220 g/mol. The van der Waals surface area contributed by atoms with E-state index in [0.717, 1.165) is 30.9 Å². The highest BCUT2D eigenvalue weighted by molar-refractivity contribution is 5.57. The van der Waals surface area contributed by atoms with Gasteiger partial charge in [-0.05, 0) is 33.0 Å². The van der Waals surface area contributed by atoms with Gasteiger partial charge in [-0.3, -0.25) is 0 Å². The molecule has 1 aromatic heterocycles. The Morgan fingerprint density at radius 1 is 1.44 bits per heavy atom. The second-order valence-corrected chi connectivity index (χ2v) is 4.13. The largest absolute Gasteiger partial charge is 0.384 e. The lowest BCUT2D eigenvalue weighted by Crippen LogP contribution is -2.23. The maximum Gasteiger partial charge on any atom is 0.122 e. The summed E-state index contributed by atoms with van der Waals surface area (Å²) in [6, 6.07) is 2.17. The first kappa shape index (κ1) is 12.6.